The number of carbonyl (C=O) groups is 1. The summed E-state index contributed by atoms with van der Waals surface area (Å²) in [4.78, 5) is 26.0. The summed E-state index contributed by atoms with van der Waals surface area (Å²) in [5.74, 6) is 0.256. The van der Waals surface area contributed by atoms with Gasteiger partial charge in [0.15, 0.2) is 0 Å². The number of esters is 1. The van der Waals surface area contributed by atoms with Crippen molar-refractivity contribution in [2.45, 2.75) is 18.8 Å². The van der Waals surface area contributed by atoms with E-state index in [2.05, 4.69) is 0 Å². The highest BCUT2D eigenvalue weighted by Crippen LogP contribution is 2.40. The molecule has 5 rings (SSSR count). The van der Waals surface area contributed by atoms with Crippen LogP contribution in [-0.2, 0) is 16.0 Å². The first-order valence-corrected chi connectivity index (χ1v) is 13.4. The molecule has 8 heteroatoms. The fourth-order valence-corrected chi connectivity index (χ4v) is 4.90. The standard InChI is InChI=1S/C34H30O8/c1-39-25-11-3-21(4-12-25)17-18-41-26-13-7-22(8-14-26)28(19-31(37)40-2)32-30(36)16-15-27-33(38)29(20-42-34(27)32)23-5-9-24(35)10-6-23/h3-16,20,28,35-36H,17-19H2,1-2H3. The van der Waals surface area contributed by atoms with E-state index < -0.39 is 11.9 Å². The van der Waals surface area contributed by atoms with Crippen molar-refractivity contribution in [1.29, 1.82) is 0 Å². The molecule has 1 unspecified atom stereocenters. The molecule has 42 heavy (non-hydrogen) atoms. The van der Waals surface area contributed by atoms with Crippen LogP contribution in [0.15, 0.2) is 100 Å². The Balaban J connectivity index is 1.44. The van der Waals surface area contributed by atoms with Crippen molar-refractivity contribution < 1.29 is 33.6 Å². The lowest BCUT2D eigenvalue weighted by Crippen LogP contribution is -2.12. The number of fused-ring (bicyclic) bond motifs is 1. The van der Waals surface area contributed by atoms with E-state index in [1.807, 2.05) is 36.4 Å². The van der Waals surface area contributed by atoms with Gasteiger partial charge in [0.25, 0.3) is 0 Å². The van der Waals surface area contributed by atoms with E-state index in [9.17, 15) is 19.8 Å². The Kier molecular flexibility index (Phi) is 8.43. The molecule has 0 radical (unpaired) electrons. The van der Waals surface area contributed by atoms with Crippen molar-refractivity contribution in [3.8, 4) is 34.1 Å². The summed E-state index contributed by atoms with van der Waals surface area (Å²) in [6, 6.07) is 24.2. The highest BCUT2D eigenvalue weighted by molar-refractivity contribution is 5.87. The first-order chi connectivity index (χ1) is 20.4. The van der Waals surface area contributed by atoms with Gasteiger partial charge < -0.3 is 28.8 Å². The van der Waals surface area contributed by atoms with Crippen LogP contribution in [0.1, 0.15) is 29.0 Å². The molecule has 214 valence electrons. The van der Waals surface area contributed by atoms with Crippen LogP contribution in [0.25, 0.3) is 22.1 Å². The van der Waals surface area contributed by atoms with E-state index in [0.717, 1.165) is 11.3 Å². The monoisotopic (exact) mass is 566 g/mol. The first-order valence-electron chi connectivity index (χ1n) is 13.4. The molecule has 0 amide bonds. The highest BCUT2D eigenvalue weighted by atomic mass is 16.5. The number of methoxy groups -OCH3 is 2. The largest absolute Gasteiger partial charge is 0.508 e. The van der Waals surface area contributed by atoms with Gasteiger partial charge in [-0.15, -0.1) is 0 Å². The molecule has 0 aliphatic carbocycles. The molecule has 1 aromatic heterocycles. The van der Waals surface area contributed by atoms with Gasteiger partial charge in [-0.1, -0.05) is 36.4 Å². The van der Waals surface area contributed by atoms with Crippen LogP contribution in [0.2, 0.25) is 0 Å². The zero-order valence-corrected chi connectivity index (χ0v) is 23.2. The molecule has 0 fully saturated rings. The Labute approximate surface area is 242 Å². The Morgan fingerprint density at radius 3 is 2.21 bits per heavy atom. The molecule has 0 saturated heterocycles. The van der Waals surface area contributed by atoms with Crippen molar-refractivity contribution in [3.63, 3.8) is 0 Å². The second-order valence-electron chi connectivity index (χ2n) is 9.75. The Morgan fingerprint density at radius 2 is 1.55 bits per heavy atom. The van der Waals surface area contributed by atoms with Crippen molar-refractivity contribution in [1.82, 2.24) is 0 Å². The summed E-state index contributed by atoms with van der Waals surface area (Å²) in [6.07, 6.45) is 1.95. The molecule has 0 aliphatic rings. The van der Waals surface area contributed by atoms with Gasteiger partial charge in [-0.05, 0) is 65.2 Å². The van der Waals surface area contributed by atoms with E-state index in [4.69, 9.17) is 18.6 Å². The van der Waals surface area contributed by atoms with Gasteiger partial charge in [0, 0.05) is 17.9 Å². The highest BCUT2D eigenvalue weighted by Gasteiger charge is 2.26. The molecule has 0 aliphatic heterocycles. The third-order valence-electron chi connectivity index (χ3n) is 7.18. The van der Waals surface area contributed by atoms with Crippen molar-refractivity contribution in [2.75, 3.05) is 20.8 Å². The number of aromatic hydroxyl groups is 2. The fourth-order valence-electron chi connectivity index (χ4n) is 4.90. The van der Waals surface area contributed by atoms with Gasteiger partial charge in [0.05, 0.1) is 38.2 Å². The van der Waals surface area contributed by atoms with Gasteiger partial charge in [-0.2, -0.15) is 0 Å². The number of rotatable bonds is 10. The minimum atomic E-state index is -0.669. The van der Waals surface area contributed by atoms with E-state index in [1.54, 1.807) is 31.4 Å². The minimum Gasteiger partial charge on any atom is -0.508 e. The first kappa shape index (κ1) is 28.3. The zero-order valence-electron chi connectivity index (χ0n) is 23.2. The molecule has 2 N–H and O–H groups in total. The molecular formula is C34H30O8. The Hall–Kier alpha value is -5.24. The number of hydrogen-bond donors (Lipinski definition) is 2. The third-order valence-corrected chi connectivity index (χ3v) is 7.18. The summed E-state index contributed by atoms with van der Waals surface area (Å²) in [5, 5.41) is 20.8. The SMILES string of the molecule is COC(=O)CC(c1ccc(OCCc2ccc(OC)cc2)cc1)c1c(O)ccc2c(=O)c(-c3ccc(O)cc3)coc12. The maximum atomic E-state index is 13.5. The quantitative estimate of drug-likeness (QED) is 0.192. The molecule has 1 heterocycles. The molecule has 0 bridgehead atoms. The second kappa shape index (κ2) is 12.5. The molecular weight excluding hydrogens is 536 g/mol. The minimum absolute atomic E-state index is 0.0791. The van der Waals surface area contributed by atoms with Crippen LogP contribution in [-0.4, -0.2) is 37.0 Å². The van der Waals surface area contributed by atoms with E-state index in [-0.39, 0.29) is 34.3 Å². The molecule has 5 aromatic rings. The molecule has 0 spiro atoms. The number of ether oxygens (including phenoxy) is 3. The van der Waals surface area contributed by atoms with Crippen molar-refractivity contribution in [3.05, 3.63) is 118 Å². The lowest BCUT2D eigenvalue weighted by atomic mass is 9.86. The predicted octanol–water partition coefficient (Wildman–Crippen LogP) is 6.20. The summed E-state index contributed by atoms with van der Waals surface area (Å²) < 4.78 is 22.0. The number of benzene rings is 4. The Bertz CT molecular complexity index is 1740. The van der Waals surface area contributed by atoms with Crippen LogP contribution >= 0.6 is 0 Å². The predicted molar refractivity (Wildman–Crippen MR) is 158 cm³/mol. The third kappa shape index (κ3) is 6.07. The van der Waals surface area contributed by atoms with Crippen LogP contribution < -0.4 is 14.9 Å². The average molecular weight is 567 g/mol. The average Bonchev–Trinajstić information content (AvgIpc) is 3.01. The van der Waals surface area contributed by atoms with Crippen LogP contribution in [0.4, 0.5) is 0 Å². The summed E-state index contributed by atoms with van der Waals surface area (Å²) in [5.41, 5.74) is 2.88. The van der Waals surface area contributed by atoms with Gasteiger partial charge in [0.2, 0.25) is 5.43 Å². The summed E-state index contributed by atoms with van der Waals surface area (Å²) in [7, 11) is 2.93. The van der Waals surface area contributed by atoms with Crippen LogP contribution in [0.5, 0.6) is 23.0 Å². The summed E-state index contributed by atoms with van der Waals surface area (Å²) >= 11 is 0. The molecule has 4 aromatic carbocycles. The molecule has 8 nitrogen and oxygen atoms in total. The van der Waals surface area contributed by atoms with Gasteiger partial charge in [-0.25, -0.2) is 0 Å². The van der Waals surface area contributed by atoms with Gasteiger partial charge >= 0.3 is 5.97 Å². The van der Waals surface area contributed by atoms with Crippen LogP contribution in [0, 0.1) is 0 Å². The van der Waals surface area contributed by atoms with E-state index in [0.29, 0.717) is 41.0 Å². The fraction of sp³-hybridized carbons (Fsp3) is 0.176. The topological polar surface area (TPSA) is 115 Å². The number of carbonyl (C=O) groups excluding carboxylic acids is 1. The van der Waals surface area contributed by atoms with Crippen molar-refractivity contribution >= 4 is 16.9 Å². The maximum absolute atomic E-state index is 13.5. The second-order valence-corrected chi connectivity index (χ2v) is 9.75. The molecule has 1 atom stereocenters. The number of phenolic OH excluding ortho intramolecular Hbond substituents is 2. The van der Waals surface area contributed by atoms with Crippen LogP contribution in [0.3, 0.4) is 0 Å². The Morgan fingerprint density at radius 1 is 0.857 bits per heavy atom. The van der Waals surface area contributed by atoms with Gasteiger partial charge in [-0.3, -0.25) is 9.59 Å². The normalized spacial score (nSPS) is 11.7. The zero-order chi connectivity index (χ0) is 29.6. The van der Waals surface area contributed by atoms with Crippen molar-refractivity contribution in [2.24, 2.45) is 0 Å². The lowest BCUT2D eigenvalue weighted by Gasteiger charge is -2.20. The molecule has 0 saturated carbocycles. The summed E-state index contributed by atoms with van der Waals surface area (Å²) in [6.45, 7) is 0.468. The maximum Gasteiger partial charge on any atom is 0.306 e. The number of phenols is 2. The van der Waals surface area contributed by atoms with E-state index in [1.165, 1.54) is 37.6 Å². The smallest absolute Gasteiger partial charge is 0.306 e. The van der Waals surface area contributed by atoms with Gasteiger partial charge in [0.1, 0.15) is 34.8 Å². The van der Waals surface area contributed by atoms with E-state index >= 15 is 0 Å². The number of hydrogen-bond acceptors (Lipinski definition) is 8. The lowest BCUT2D eigenvalue weighted by molar-refractivity contribution is -0.140.